The van der Waals surface area contributed by atoms with Crippen LogP contribution in [0, 0.1) is 44.8 Å². The molecular formula is C31H54N2O3. The van der Waals surface area contributed by atoms with Crippen molar-refractivity contribution in [1.82, 2.24) is 10.2 Å². The predicted octanol–water partition coefficient (Wildman–Crippen LogP) is 6.24. The second kappa shape index (κ2) is 7.87. The summed E-state index contributed by atoms with van der Waals surface area (Å²) in [4.78, 5) is 15.0. The first kappa shape index (κ1) is 26.8. The Kier molecular flexibility index (Phi) is 5.85. The number of nitrogens with zero attached hydrogens (tertiary/aromatic N) is 1. The largest absolute Gasteiger partial charge is 0.444 e. The molecule has 0 aliphatic heterocycles. The lowest BCUT2D eigenvalue weighted by molar-refractivity contribution is -0.150. The van der Waals surface area contributed by atoms with E-state index in [4.69, 9.17) is 4.74 Å². The maximum Gasteiger partial charge on any atom is 0.410 e. The van der Waals surface area contributed by atoms with E-state index < -0.39 is 5.60 Å². The summed E-state index contributed by atoms with van der Waals surface area (Å²) in [6.07, 6.45) is 9.35. The zero-order valence-corrected chi connectivity index (χ0v) is 24.8. The Balaban J connectivity index is 1.42. The highest BCUT2D eigenvalue weighted by Gasteiger charge is 2.82. The van der Waals surface area contributed by atoms with E-state index in [1.807, 2.05) is 32.7 Å². The topological polar surface area (TPSA) is 61.8 Å². The van der Waals surface area contributed by atoms with Crippen molar-refractivity contribution in [3.8, 4) is 0 Å². The van der Waals surface area contributed by atoms with Crippen LogP contribution >= 0.6 is 0 Å². The molecule has 0 heterocycles. The van der Waals surface area contributed by atoms with Gasteiger partial charge in [0.1, 0.15) is 5.60 Å². The van der Waals surface area contributed by atoms with Gasteiger partial charge in [0.05, 0.1) is 6.10 Å². The Morgan fingerprint density at radius 3 is 2.22 bits per heavy atom. The zero-order chi connectivity index (χ0) is 26.7. The Bertz CT molecular complexity index is 912. The molecule has 5 rings (SSSR count). The summed E-state index contributed by atoms with van der Waals surface area (Å²) >= 11 is 0. The van der Waals surface area contributed by atoms with Gasteiger partial charge in [0.25, 0.3) is 0 Å². The van der Waals surface area contributed by atoms with Crippen LogP contribution in [0.1, 0.15) is 107 Å². The number of aliphatic hydroxyl groups is 1. The molecule has 0 bridgehead atoms. The van der Waals surface area contributed by atoms with Gasteiger partial charge in [-0.1, -0.05) is 27.7 Å². The van der Waals surface area contributed by atoms with Crippen molar-refractivity contribution >= 4 is 6.09 Å². The Morgan fingerprint density at radius 2 is 1.61 bits per heavy atom. The molecule has 0 aromatic rings. The highest BCUT2D eigenvalue weighted by atomic mass is 16.6. The van der Waals surface area contributed by atoms with Gasteiger partial charge in [-0.25, -0.2) is 4.79 Å². The fourth-order valence-corrected chi connectivity index (χ4v) is 11.7. The zero-order valence-electron chi connectivity index (χ0n) is 24.8. The SMILES string of the molecule is CNC(C)C1[C@H](O)C[C@@]2(C)[C@@H]3CC[C@H]4C(C)(C)[C@@H](N(C)C(=O)OC(C)(C)C)CC[C@@]45C[C@@]35CC[C@]12C. The second-order valence-electron chi connectivity index (χ2n) is 15.8. The van der Waals surface area contributed by atoms with Gasteiger partial charge >= 0.3 is 6.09 Å². The van der Waals surface area contributed by atoms with Crippen LogP contribution in [0.3, 0.4) is 0 Å². The third-order valence-electron chi connectivity index (χ3n) is 13.3. The van der Waals surface area contributed by atoms with Crippen molar-refractivity contribution in [3.05, 3.63) is 0 Å². The first-order valence-corrected chi connectivity index (χ1v) is 14.8. The summed E-state index contributed by atoms with van der Waals surface area (Å²) in [6.45, 7) is 18.1. The molecule has 5 saturated carbocycles. The first-order valence-electron chi connectivity index (χ1n) is 14.8. The Labute approximate surface area is 220 Å². The number of fused-ring (bicyclic) bond motifs is 2. The Hall–Kier alpha value is -0.810. The molecule has 5 fully saturated rings. The summed E-state index contributed by atoms with van der Waals surface area (Å²) in [5.74, 6) is 1.68. The standard InChI is InChI=1S/C31H54N2O3/c1-19(32-9)24-20(34)17-29(8)22-12-11-21-27(5,6)23(33(10)25(35)36-26(2,3)4)13-14-30(21)18-31(22,30)16-15-28(24,29)7/h19-24,32,34H,11-18H2,1-10H3/t19?,20-,21+,22+,23+,24?,28-,29+,30-,31+/m1/s1. The van der Waals surface area contributed by atoms with E-state index in [1.54, 1.807) is 0 Å². The van der Waals surface area contributed by atoms with Crippen LogP contribution in [-0.2, 0) is 4.74 Å². The van der Waals surface area contributed by atoms with Gasteiger partial charge in [0.15, 0.2) is 0 Å². The Morgan fingerprint density at radius 1 is 1.00 bits per heavy atom. The maximum absolute atomic E-state index is 13.0. The summed E-state index contributed by atoms with van der Waals surface area (Å²) in [7, 11) is 4.01. The van der Waals surface area contributed by atoms with Gasteiger partial charge in [-0.15, -0.1) is 0 Å². The van der Waals surface area contributed by atoms with Crippen molar-refractivity contribution in [2.75, 3.05) is 14.1 Å². The maximum atomic E-state index is 13.0. The van der Waals surface area contributed by atoms with Gasteiger partial charge in [-0.2, -0.15) is 0 Å². The third kappa shape index (κ3) is 3.23. The molecule has 5 aliphatic rings. The molecule has 2 N–H and O–H groups in total. The van der Waals surface area contributed by atoms with Crippen LogP contribution in [-0.4, -0.2) is 54.0 Å². The molecule has 5 aliphatic carbocycles. The van der Waals surface area contributed by atoms with Crippen molar-refractivity contribution in [1.29, 1.82) is 0 Å². The van der Waals surface area contributed by atoms with Crippen molar-refractivity contribution in [2.24, 2.45) is 44.8 Å². The van der Waals surface area contributed by atoms with Crippen LogP contribution in [0.15, 0.2) is 0 Å². The molecule has 5 nitrogen and oxygen atoms in total. The fraction of sp³-hybridized carbons (Fsp3) is 0.968. The number of hydrogen-bond donors (Lipinski definition) is 2. The van der Waals surface area contributed by atoms with E-state index in [9.17, 15) is 9.90 Å². The van der Waals surface area contributed by atoms with E-state index in [2.05, 4.69) is 47.0 Å². The van der Waals surface area contributed by atoms with Crippen molar-refractivity contribution in [3.63, 3.8) is 0 Å². The molecule has 2 unspecified atom stereocenters. The van der Waals surface area contributed by atoms with Crippen molar-refractivity contribution in [2.45, 2.75) is 131 Å². The number of aliphatic hydroxyl groups excluding tert-OH is 1. The lowest BCUT2D eigenvalue weighted by atomic mass is 9.41. The molecule has 36 heavy (non-hydrogen) atoms. The van der Waals surface area contributed by atoms with E-state index in [-0.39, 0.29) is 34.5 Å². The molecule has 0 saturated heterocycles. The average Bonchev–Trinajstić information content (AvgIpc) is 3.36. The lowest BCUT2D eigenvalue weighted by Gasteiger charge is -2.64. The summed E-state index contributed by atoms with van der Waals surface area (Å²) < 4.78 is 5.78. The second-order valence-corrected chi connectivity index (χ2v) is 15.8. The molecule has 5 heteroatoms. The van der Waals surface area contributed by atoms with Crippen LogP contribution in [0.25, 0.3) is 0 Å². The van der Waals surface area contributed by atoms with E-state index in [1.165, 1.54) is 38.5 Å². The smallest absolute Gasteiger partial charge is 0.410 e. The third-order valence-corrected chi connectivity index (χ3v) is 13.3. The van der Waals surface area contributed by atoms with Crippen LogP contribution in [0.2, 0.25) is 0 Å². The van der Waals surface area contributed by atoms with E-state index >= 15 is 0 Å². The number of ether oxygens (including phenoxy) is 1. The number of carbonyl (C=O) groups excluding carboxylic acids is 1. The normalized spacial score (nSPS) is 49.7. The van der Waals surface area contributed by atoms with Crippen LogP contribution < -0.4 is 5.32 Å². The number of nitrogens with one attached hydrogen (secondary N) is 1. The van der Waals surface area contributed by atoms with E-state index in [0.717, 1.165) is 12.8 Å². The molecule has 0 aromatic heterocycles. The number of hydrogen-bond acceptors (Lipinski definition) is 4. The molecule has 2 spiro atoms. The average molecular weight is 503 g/mol. The van der Waals surface area contributed by atoms with Gasteiger partial charge in [0, 0.05) is 25.0 Å². The first-order chi connectivity index (χ1) is 16.5. The van der Waals surface area contributed by atoms with Crippen LogP contribution in [0.4, 0.5) is 4.79 Å². The highest BCUT2D eigenvalue weighted by molar-refractivity contribution is 5.68. The minimum Gasteiger partial charge on any atom is -0.444 e. The predicted molar refractivity (Wildman–Crippen MR) is 145 cm³/mol. The lowest BCUT2D eigenvalue weighted by Crippen LogP contribution is -2.60. The molecular weight excluding hydrogens is 448 g/mol. The molecule has 0 radical (unpaired) electrons. The highest BCUT2D eigenvalue weighted by Crippen LogP contribution is 2.89. The van der Waals surface area contributed by atoms with Gasteiger partial charge in [-0.05, 0) is 125 Å². The minimum absolute atomic E-state index is 0.0679. The number of rotatable bonds is 3. The summed E-state index contributed by atoms with van der Waals surface area (Å²) in [6, 6.07) is 0.555. The molecule has 0 aromatic carbocycles. The minimum atomic E-state index is -0.470. The molecule has 206 valence electrons. The summed E-state index contributed by atoms with van der Waals surface area (Å²) in [5, 5.41) is 14.9. The monoisotopic (exact) mass is 502 g/mol. The van der Waals surface area contributed by atoms with Gasteiger partial charge < -0.3 is 20.1 Å². The summed E-state index contributed by atoms with van der Waals surface area (Å²) in [5.41, 5.74) is 0.844. The van der Waals surface area contributed by atoms with E-state index in [0.29, 0.717) is 34.6 Å². The fourth-order valence-electron chi connectivity index (χ4n) is 11.7. The number of carbonyl (C=O) groups is 1. The van der Waals surface area contributed by atoms with Crippen LogP contribution in [0.5, 0.6) is 0 Å². The van der Waals surface area contributed by atoms with Gasteiger partial charge in [-0.3, -0.25) is 0 Å². The quantitative estimate of drug-likeness (QED) is 0.480. The molecule has 10 atom stereocenters. The van der Waals surface area contributed by atoms with Gasteiger partial charge in [0.2, 0.25) is 0 Å². The van der Waals surface area contributed by atoms with Crippen molar-refractivity contribution < 1.29 is 14.6 Å². The number of amides is 1. The molecule has 1 amide bonds.